The average Bonchev–Trinajstić information content (AvgIpc) is 2.42. The summed E-state index contributed by atoms with van der Waals surface area (Å²) in [5, 5.41) is 0.658. The lowest BCUT2D eigenvalue weighted by Crippen LogP contribution is -2.15. The van der Waals surface area contributed by atoms with Gasteiger partial charge in [-0.15, -0.1) is 0 Å². The molecule has 21 heavy (non-hydrogen) atoms. The van der Waals surface area contributed by atoms with Gasteiger partial charge in [0.1, 0.15) is 0 Å². The summed E-state index contributed by atoms with van der Waals surface area (Å²) in [7, 11) is -3.79. The lowest BCUT2D eigenvalue weighted by molar-refractivity contribution is 0.600. The Hall–Kier alpha value is -1.43. The molecule has 0 saturated heterocycles. The third-order valence-electron chi connectivity index (χ3n) is 2.93. The van der Waals surface area contributed by atoms with E-state index in [0.717, 1.165) is 0 Å². The third kappa shape index (κ3) is 3.61. The maximum absolute atomic E-state index is 12.5. The van der Waals surface area contributed by atoms with Crippen molar-refractivity contribution in [1.29, 1.82) is 0 Å². The molecule has 4 nitrogen and oxygen atoms in total. The molecule has 7 heteroatoms. The van der Waals surface area contributed by atoms with E-state index in [-0.39, 0.29) is 15.6 Å². The van der Waals surface area contributed by atoms with E-state index in [0.29, 0.717) is 22.7 Å². The standard InChI is InChI=1S/C14H14Cl2N2O2S/c1-2-9-3-5-11(17)8-14(9)21(19,20)18-13-7-10(15)4-6-12(13)16/h3-8,18H,2,17H2,1H3. The minimum atomic E-state index is -3.79. The number of halogens is 2. The number of nitrogen functional groups attached to an aromatic ring is 1. The predicted octanol–water partition coefficient (Wildman–Crippen LogP) is 3.94. The Bertz CT molecular complexity index is 777. The molecule has 0 aliphatic heterocycles. The molecule has 0 spiro atoms. The van der Waals surface area contributed by atoms with Crippen LogP contribution in [0.2, 0.25) is 10.0 Å². The molecule has 0 radical (unpaired) electrons. The summed E-state index contributed by atoms with van der Waals surface area (Å²) in [5.74, 6) is 0. The van der Waals surface area contributed by atoms with E-state index in [2.05, 4.69) is 4.72 Å². The molecule has 112 valence electrons. The number of rotatable bonds is 4. The van der Waals surface area contributed by atoms with Crippen molar-refractivity contribution in [1.82, 2.24) is 0 Å². The summed E-state index contributed by atoms with van der Waals surface area (Å²) in [6.07, 6.45) is 0.569. The monoisotopic (exact) mass is 344 g/mol. The summed E-state index contributed by atoms with van der Waals surface area (Å²) in [4.78, 5) is 0.140. The highest BCUT2D eigenvalue weighted by Gasteiger charge is 2.19. The van der Waals surface area contributed by atoms with E-state index in [9.17, 15) is 8.42 Å². The molecule has 2 aromatic carbocycles. The van der Waals surface area contributed by atoms with Crippen LogP contribution in [0, 0.1) is 0 Å². The highest BCUT2D eigenvalue weighted by atomic mass is 35.5. The van der Waals surface area contributed by atoms with Crippen LogP contribution in [-0.2, 0) is 16.4 Å². The second-order valence-corrected chi connectivity index (χ2v) is 6.94. The largest absolute Gasteiger partial charge is 0.399 e. The van der Waals surface area contributed by atoms with Crippen LogP contribution in [0.1, 0.15) is 12.5 Å². The van der Waals surface area contributed by atoms with Gasteiger partial charge in [-0.2, -0.15) is 0 Å². The molecule has 2 rings (SSSR count). The van der Waals surface area contributed by atoms with E-state index in [1.807, 2.05) is 6.92 Å². The minimum absolute atomic E-state index is 0.140. The Morgan fingerprint density at radius 1 is 1.14 bits per heavy atom. The fourth-order valence-electron chi connectivity index (χ4n) is 1.89. The highest BCUT2D eigenvalue weighted by Crippen LogP contribution is 2.29. The fourth-order valence-corrected chi connectivity index (χ4v) is 3.70. The molecule has 0 aliphatic rings. The van der Waals surface area contributed by atoms with Gasteiger partial charge in [0.25, 0.3) is 10.0 Å². The predicted molar refractivity (Wildman–Crippen MR) is 87.5 cm³/mol. The van der Waals surface area contributed by atoms with Crippen LogP contribution in [-0.4, -0.2) is 8.42 Å². The molecular formula is C14H14Cl2N2O2S. The Kier molecular flexibility index (Phi) is 4.66. The molecule has 0 fully saturated rings. The number of anilines is 2. The summed E-state index contributed by atoms with van der Waals surface area (Å²) >= 11 is 11.8. The van der Waals surface area contributed by atoms with Crippen LogP contribution in [0.4, 0.5) is 11.4 Å². The van der Waals surface area contributed by atoms with Gasteiger partial charge in [0.05, 0.1) is 15.6 Å². The van der Waals surface area contributed by atoms with E-state index in [1.54, 1.807) is 18.2 Å². The Morgan fingerprint density at radius 3 is 2.52 bits per heavy atom. The van der Waals surface area contributed by atoms with E-state index in [4.69, 9.17) is 28.9 Å². The van der Waals surface area contributed by atoms with Crippen molar-refractivity contribution in [2.75, 3.05) is 10.5 Å². The van der Waals surface area contributed by atoms with E-state index < -0.39 is 10.0 Å². The normalized spacial score (nSPS) is 11.4. The van der Waals surface area contributed by atoms with Gasteiger partial charge >= 0.3 is 0 Å². The first-order valence-electron chi connectivity index (χ1n) is 6.19. The highest BCUT2D eigenvalue weighted by molar-refractivity contribution is 7.92. The van der Waals surface area contributed by atoms with Gasteiger partial charge in [0.15, 0.2) is 0 Å². The zero-order chi connectivity index (χ0) is 15.6. The quantitative estimate of drug-likeness (QED) is 0.825. The van der Waals surface area contributed by atoms with Crippen molar-refractivity contribution in [2.45, 2.75) is 18.2 Å². The number of benzene rings is 2. The van der Waals surface area contributed by atoms with E-state index >= 15 is 0 Å². The Morgan fingerprint density at radius 2 is 1.86 bits per heavy atom. The van der Waals surface area contributed by atoms with Crippen molar-refractivity contribution in [3.8, 4) is 0 Å². The number of nitrogens with two attached hydrogens (primary N) is 1. The zero-order valence-corrected chi connectivity index (χ0v) is 13.6. The molecule has 0 unspecified atom stereocenters. The number of nitrogens with one attached hydrogen (secondary N) is 1. The van der Waals surface area contributed by atoms with Crippen LogP contribution in [0.15, 0.2) is 41.3 Å². The molecule has 0 aliphatic carbocycles. The van der Waals surface area contributed by atoms with Gasteiger partial charge in [0, 0.05) is 10.7 Å². The van der Waals surface area contributed by atoms with Crippen molar-refractivity contribution >= 4 is 44.6 Å². The van der Waals surface area contributed by atoms with Gasteiger partial charge < -0.3 is 5.73 Å². The van der Waals surface area contributed by atoms with Crippen molar-refractivity contribution in [3.05, 3.63) is 52.0 Å². The first kappa shape index (κ1) is 15.9. The van der Waals surface area contributed by atoms with Crippen molar-refractivity contribution in [3.63, 3.8) is 0 Å². The van der Waals surface area contributed by atoms with Crippen LogP contribution in [0.25, 0.3) is 0 Å². The van der Waals surface area contributed by atoms with Gasteiger partial charge in [-0.3, -0.25) is 4.72 Å². The van der Waals surface area contributed by atoms with E-state index in [1.165, 1.54) is 18.2 Å². The number of hydrogen-bond donors (Lipinski definition) is 2. The SMILES string of the molecule is CCc1ccc(N)cc1S(=O)(=O)Nc1cc(Cl)ccc1Cl. The van der Waals surface area contributed by atoms with Crippen LogP contribution in [0.5, 0.6) is 0 Å². The van der Waals surface area contributed by atoms with Gasteiger partial charge in [-0.25, -0.2) is 8.42 Å². The molecular weight excluding hydrogens is 331 g/mol. The summed E-state index contributed by atoms with van der Waals surface area (Å²) in [6, 6.07) is 9.37. The van der Waals surface area contributed by atoms with Crippen LogP contribution >= 0.6 is 23.2 Å². The fraction of sp³-hybridized carbons (Fsp3) is 0.143. The molecule has 2 aromatic rings. The van der Waals surface area contributed by atoms with Gasteiger partial charge in [-0.05, 0) is 42.3 Å². The second kappa shape index (κ2) is 6.13. The maximum atomic E-state index is 12.5. The molecule has 0 saturated carbocycles. The van der Waals surface area contributed by atoms with Crippen molar-refractivity contribution < 1.29 is 8.42 Å². The molecule has 0 bridgehead atoms. The molecule has 0 heterocycles. The van der Waals surface area contributed by atoms with Gasteiger partial charge in [-0.1, -0.05) is 36.2 Å². The topological polar surface area (TPSA) is 72.2 Å². The Balaban J connectivity index is 2.48. The van der Waals surface area contributed by atoms with Crippen LogP contribution in [0.3, 0.4) is 0 Å². The summed E-state index contributed by atoms with van der Waals surface area (Å²) in [6.45, 7) is 1.87. The van der Waals surface area contributed by atoms with Crippen LogP contribution < -0.4 is 10.5 Å². The average molecular weight is 345 g/mol. The number of sulfonamides is 1. The lowest BCUT2D eigenvalue weighted by atomic mass is 10.1. The molecule has 0 aromatic heterocycles. The third-order valence-corrected chi connectivity index (χ3v) is 4.95. The maximum Gasteiger partial charge on any atom is 0.262 e. The van der Waals surface area contributed by atoms with Gasteiger partial charge in [0.2, 0.25) is 0 Å². The summed E-state index contributed by atoms with van der Waals surface area (Å²) < 4.78 is 27.5. The zero-order valence-electron chi connectivity index (χ0n) is 11.2. The Labute approximate surface area is 133 Å². The molecule has 3 N–H and O–H groups in total. The van der Waals surface area contributed by atoms with Crippen molar-refractivity contribution in [2.24, 2.45) is 0 Å². The second-order valence-electron chi connectivity index (χ2n) is 4.45. The number of hydrogen-bond acceptors (Lipinski definition) is 3. The minimum Gasteiger partial charge on any atom is -0.399 e. The molecule has 0 amide bonds. The first-order chi connectivity index (χ1) is 9.83. The lowest BCUT2D eigenvalue weighted by Gasteiger charge is -2.13. The number of aryl methyl sites for hydroxylation is 1. The molecule has 0 atom stereocenters. The smallest absolute Gasteiger partial charge is 0.262 e. The summed E-state index contributed by atoms with van der Waals surface area (Å²) in [5.41, 5.74) is 6.97. The first-order valence-corrected chi connectivity index (χ1v) is 8.43.